The van der Waals surface area contributed by atoms with Crippen LogP contribution < -0.4 is 0 Å². The van der Waals surface area contributed by atoms with Gasteiger partial charge in [0.15, 0.2) is 5.54 Å². The summed E-state index contributed by atoms with van der Waals surface area (Å²) in [6, 6.07) is 1.84. The highest BCUT2D eigenvalue weighted by Crippen LogP contribution is 2.43. The number of nitrogens with zero attached hydrogens (tertiary/aromatic N) is 2. The summed E-state index contributed by atoms with van der Waals surface area (Å²) in [4.78, 5) is 3.64. The lowest BCUT2D eigenvalue weighted by Crippen LogP contribution is -2.34. The number of halogens is 3. The molecule has 0 saturated heterocycles. The van der Waals surface area contributed by atoms with Crippen LogP contribution in [0.4, 0.5) is 13.2 Å². The van der Waals surface area contributed by atoms with Crippen molar-refractivity contribution in [2.75, 3.05) is 0 Å². The van der Waals surface area contributed by atoms with Gasteiger partial charge in [-0.15, -0.1) is 0 Å². The summed E-state index contributed by atoms with van der Waals surface area (Å²) >= 11 is 0. The number of hydrogen-bond donors (Lipinski definition) is 0. The van der Waals surface area contributed by atoms with E-state index in [-0.39, 0.29) is 6.42 Å². The zero-order valence-corrected chi connectivity index (χ0v) is 10.7. The smallest absolute Gasteiger partial charge is 0.360 e. The quantitative estimate of drug-likeness (QED) is 0.544. The van der Waals surface area contributed by atoms with E-state index in [9.17, 15) is 21.6 Å². The van der Waals surface area contributed by atoms with Crippen molar-refractivity contribution in [3.05, 3.63) is 0 Å². The minimum absolute atomic E-state index is 0.160. The van der Waals surface area contributed by atoms with E-state index < -0.39 is 32.5 Å². The molecule has 0 bridgehead atoms. The lowest BCUT2D eigenvalue weighted by Gasteiger charge is -2.28. The Morgan fingerprint density at radius 3 is 2.22 bits per heavy atom. The molecule has 0 aromatic rings. The summed E-state index contributed by atoms with van der Waals surface area (Å²) in [7, 11) is -5.73. The lowest BCUT2D eigenvalue weighted by atomic mass is 9.75. The molecule has 1 atom stereocenters. The van der Waals surface area contributed by atoms with Gasteiger partial charge in [-0.25, -0.2) is 4.99 Å². The normalized spacial score (nSPS) is 27.5. The SMILES string of the molecule is CC1(C)CC(OS(=O)(=O)C(F)(F)F)=NC1(C)C#N. The van der Waals surface area contributed by atoms with E-state index in [1.165, 1.54) is 6.92 Å². The first kappa shape index (κ1) is 14.8. The maximum atomic E-state index is 12.1. The number of alkyl halides is 3. The maximum Gasteiger partial charge on any atom is 0.534 e. The van der Waals surface area contributed by atoms with Gasteiger partial charge in [-0.2, -0.15) is 26.9 Å². The van der Waals surface area contributed by atoms with Crippen molar-refractivity contribution in [3.8, 4) is 6.07 Å². The Labute approximate surface area is 102 Å². The van der Waals surface area contributed by atoms with E-state index in [4.69, 9.17) is 5.26 Å². The molecule has 0 fully saturated rings. The molecular weight excluding hydrogens is 273 g/mol. The Hall–Kier alpha value is -1.30. The van der Waals surface area contributed by atoms with Gasteiger partial charge in [0.2, 0.25) is 5.90 Å². The molecule has 9 heteroatoms. The van der Waals surface area contributed by atoms with Crippen LogP contribution in [0.25, 0.3) is 0 Å². The highest BCUT2D eigenvalue weighted by Gasteiger charge is 2.53. The van der Waals surface area contributed by atoms with Crippen LogP contribution in [-0.4, -0.2) is 25.4 Å². The van der Waals surface area contributed by atoms with E-state index in [1.54, 1.807) is 13.8 Å². The minimum atomic E-state index is -5.73. The third-order valence-corrected chi connectivity index (χ3v) is 3.95. The second kappa shape index (κ2) is 3.85. The van der Waals surface area contributed by atoms with Crippen LogP contribution in [0, 0.1) is 16.7 Å². The molecule has 1 heterocycles. The Kier molecular flexibility index (Phi) is 3.15. The van der Waals surface area contributed by atoms with Crippen molar-refractivity contribution in [3.63, 3.8) is 0 Å². The Morgan fingerprint density at radius 1 is 1.39 bits per heavy atom. The van der Waals surface area contributed by atoms with Crippen molar-refractivity contribution >= 4 is 16.0 Å². The topological polar surface area (TPSA) is 79.5 Å². The maximum absolute atomic E-state index is 12.1. The van der Waals surface area contributed by atoms with E-state index in [0.29, 0.717) is 0 Å². The monoisotopic (exact) mass is 284 g/mol. The third kappa shape index (κ3) is 2.29. The van der Waals surface area contributed by atoms with Crippen molar-refractivity contribution in [1.82, 2.24) is 0 Å². The second-order valence-electron chi connectivity index (χ2n) is 4.73. The zero-order chi connectivity index (χ0) is 14.4. The van der Waals surface area contributed by atoms with Gasteiger partial charge in [0.25, 0.3) is 0 Å². The van der Waals surface area contributed by atoms with Crippen molar-refractivity contribution in [2.24, 2.45) is 10.4 Å². The fraction of sp³-hybridized carbons (Fsp3) is 0.778. The Morgan fingerprint density at radius 2 is 1.89 bits per heavy atom. The number of rotatable bonds is 1. The predicted octanol–water partition coefficient (Wildman–Crippen LogP) is 1.96. The molecule has 102 valence electrons. The van der Waals surface area contributed by atoms with Crippen molar-refractivity contribution < 1.29 is 25.8 Å². The molecule has 0 N–H and O–H groups in total. The number of hydrogen-bond acceptors (Lipinski definition) is 5. The molecule has 1 unspecified atom stereocenters. The van der Waals surface area contributed by atoms with E-state index in [0.717, 1.165) is 0 Å². The molecule has 1 aliphatic rings. The minimum Gasteiger partial charge on any atom is -0.360 e. The summed E-state index contributed by atoms with van der Waals surface area (Å²) in [6.45, 7) is 4.59. The van der Waals surface area contributed by atoms with Crippen LogP contribution in [0.2, 0.25) is 0 Å². The van der Waals surface area contributed by atoms with Crippen molar-refractivity contribution in [1.29, 1.82) is 5.26 Å². The molecule has 0 spiro atoms. The van der Waals surface area contributed by atoms with Gasteiger partial charge in [-0.05, 0) is 6.92 Å². The molecular formula is C9H11F3N2O3S. The molecule has 1 rings (SSSR count). The molecule has 0 amide bonds. The van der Waals surface area contributed by atoms with Crippen LogP contribution >= 0.6 is 0 Å². The van der Waals surface area contributed by atoms with Crippen LogP contribution in [0.5, 0.6) is 0 Å². The molecule has 0 radical (unpaired) electrons. The molecule has 1 aliphatic heterocycles. The van der Waals surface area contributed by atoms with Crippen LogP contribution in [0.3, 0.4) is 0 Å². The first-order chi connectivity index (χ1) is 7.85. The summed E-state index contributed by atoms with van der Waals surface area (Å²) < 4.78 is 61.9. The standard InChI is InChI=1S/C9H11F3N2O3S/c1-7(2)4-6(14-8(7,3)5-13)17-18(15,16)9(10,11)12/h4H2,1-3H3. The van der Waals surface area contributed by atoms with Gasteiger partial charge < -0.3 is 4.18 Å². The molecule has 0 saturated carbocycles. The molecule has 5 nitrogen and oxygen atoms in total. The summed E-state index contributed by atoms with van der Waals surface area (Å²) in [5, 5.41) is 8.95. The average molecular weight is 284 g/mol. The number of aliphatic imine (C=N–C) groups is 1. The van der Waals surface area contributed by atoms with E-state index in [2.05, 4.69) is 9.18 Å². The van der Waals surface area contributed by atoms with E-state index in [1.807, 2.05) is 6.07 Å². The second-order valence-corrected chi connectivity index (χ2v) is 6.27. The van der Waals surface area contributed by atoms with Crippen LogP contribution in [0.1, 0.15) is 27.2 Å². The molecule has 0 aromatic heterocycles. The van der Waals surface area contributed by atoms with Crippen molar-refractivity contribution in [2.45, 2.75) is 38.2 Å². The van der Waals surface area contributed by atoms with Gasteiger partial charge in [0.05, 0.1) is 6.07 Å². The summed E-state index contributed by atoms with van der Waals surface area (Å²) in [5.74, 6) is -0.596. The van der Waals surface area contributed by atoms with Gasteiger partial charge in [-0.3, -0.25) is 0 Å². The highest BCUT2D eigenvalue weighted by molar-refractivity contribution is 7.88. The van der Waals surface area contributed by atoms with Gasteiger partial charge in [0, 0.05) is 11.8 Å². The van der Waals surface area contributed by atoms with Crippen LogP contribution in [-0.2, 0) is 14.3 Å². The van der Waals surface area contributed by atoms with Gasteiger partial charge in [0.1, 0.15) is 0 Å². The molecule has 0 aliphatic carbocycles. The predicted molar refractivity (Wildman–Crippen MR) is 55.9 cm³/mol. The lowest BCUT2D eigenvalue weighted by molar-refractivity contribution is -0.0505. The fourth-order valence-electron chi connectivity index (χ4n) is 1.39. The first-order valence-electron chi connectivity index (χ1n) is 4.85. The Bertz CT molecular complexity index is 530. The van der Waals surface area contributed by atoms with Crippen LogP contribution in [0.15, 0.2) is 4.99 Å². The fourth-order valence-corrected chi connectivity index (χ4v) is 1.83. The van der Waals surface area contributed by atoms with Gasteiger partial charge >= 0.3 is 15.6 Å². The summed E-state index contributed by atoms with van der Waals surface area (Å²) in [5.41, 5.74) is -7.63. The molecule has 0 aromatic carbocycles. The Balaban J connectivity index is 3.06. The average Bonchev–Trinajstić information content (AvgIpc) is 2.34. The molecule has 18 heavy (non-hydrogen) atoms. The summed E-state index contributed by atoms with van der Waals surface area (Å²) in [6.07, 6.45) is -0.160. The number of nitriles is 1. The largest absolute Gasteiger partial charge is 0.534 e. The van der Waals surface area contributed by atoms with Gasteiger partial charge in [-0.1, -0.05) is 13.8 Å². The highest BCUT2D eigenvalue weighted by atomic mass is 32.2. The third-order valence-electron chi connectivity index (χ3n) is 2.97. The first-order valence-corrected chi connectivity index (χ1v) is 6.26. The van der Waals surface area contributed by atoms with E-state index >= 15 is 0 Å². The zero-order valence-electron chi connectivity index (χ0n) is 9.87.